The molecular formula is C29H26F2N4O2. The monoisotopic (exact) mass is 500 g/mol. The number of hydrogen-bond acceptors (Lipinski definition) is 6. The van der Waals surface area contributed by atoms with Crippen molar-refractivity contribution >= 4 is 23.4 Å². The van der Waals surface area contributed by atoms with Crippen molar-refractivity contribution in [3.05, 3.63) is 106 Å². The fourth-order valence-electron chi connectivity index (χ4n) is 4.54. The number of aryl methyl sites for hydroxylation is 1. The van der Waals surface area contributed by atoms with Crippen LogP contribution < -0.4 is 15.0 Å². The van der Waals surface area contributed by atoms with E-state index in [1.54, 1.807) is 18.2 Å². The molecule has 188 valence electrons. The van der Waals surface area contributed by atoms with Crippen molar-refractivity contribution in [2.75, 3.05) is 16.8 Å². The Hall–Kier alpha value is -4.33. The summed E-state index contributed by atoms with van der Waals surface area (Å²) in [5, 5.41) is 3.16. The molecule has 1 aromatic heterocycles. The first-order valence-corrected chi connectivity index (χ1v) is 12.0. The molecule has 8 heteroatoms. The summed E-state index contributed by atoms with van der Waals surface area (Å²) in [6, 6.07) is 17.0. The van der Waals surface area contributed by atoms with Crippen LogP contribution in [0.2, 0.25) is 0 Å². The minimum atomic E-state index is -0.612. The average Bonchev–Trinajstić information content (AvgIpc) is 2.88. The number of carbonyl (C=O) groups is 1. The minimum Gasteiger partial charge on any atom is -0.423 e. The van der Waals surface area contributed by atoms with E-state index < -0.39 is 11.8 Å². The molecule has 1 aliphatic heterocycles. The quantitative estimate of drug-likeness (QED) is 0.251. The van der Waals surface area contributed by atoms with Gasteiger partial charge in [0.05, 0.1) is 11.6 Å². The van der Waals surface area contributed by atoms with E-state index in [-0.39, 0.29) is 17.4 Å². The second kappa shape index (κ2) is 9.97. The molecule has 3 aromatic carbocycles. The summed E-state index contributed by atoms with van der Waals surface area (Å²) in [6.07, 6.45) is 0.793. The SMILES string of the molecule is Cc1nc(Nc2ccc(F)cc2)nc(N2CCc3ccc(OC(=O)c4cccc(F)c4)cc3C2C)c1C. The van der Waals surface area contributed by atoms with Gasteiger partial charge in [-0.15, -0.1) is 0 Å². The van der Waals surface area contributed by atoms with Crippen molar-refractivity contribution in [2.45, 2.75) is 33.2 Å². The molecule has 1 N–H and O–H groups in total. The summed E-state index contributed by atoms with van der Waals surface area (Å²) >= 11 is 0. The van der Waals surface area contributed by atoms with E-state index in [1.807, 2.05) is 26.0 Å². The topological polar surface area (TPSA) is 67.3 Å². The molecule has 5 rings (SSSR count). The van der Waals surface area contributed by atoms with Gasteiger partial charge in [-0.2, -0.15) is 4.98 Å². The molecule has 0 bridgehead atoms. The van der Waals surface area contributed by atoms with Crippen LogP contribution in [0.5, 0.6) is 5.75 Å². The summed E-state index contributed by atoms with van der Waals surface area (Å²) in [5.41, 5.74) is 4.85. The van der Waals surface area contributed by atoms with Gasteiger partial charge in [0.15, 0.2) is 0 Å². The number of rotatable bonds is 5. The van der Waals surface area contributed by atoms with Crippen LogP contribution in [-0.4, -0.2) is 22.5 Å². The number of nitrogens with zero attached hydrogens (tertiary/aromatic N) is 3. The molecule has 1 atom stereocenters. The number of esters is 1. The van der Waals surface area contributed by atoms with E-state index >= 15 is 0 Å². The lowest BCUT2D eigenvalue weighted by Gasteiger charge is -2.37. The predicted molar refractivity (Wildman–Crippen MR) is 138 cm³/mol. The van der Waals surface area contributed by atoms with Gasteiger partial charge in [0.1, 0.15) is 23.2 Å². The first-order valence-electron chi connectivity index (χ1n) is 12.0. The van der Waals surface area contributed by atoms with Crippen molar-refractivity contribution in [3.8, 4) is 5.75 Å². The summed E-state index contributed by atoms with van der Waals surface area (Å²) in [4.78, 5) is 24.1. The van der Waals surface area contributed by atoms with Crippen LogP contribution in [0.4, 0.5) is 26.2 Å². The zero-order valence-electron chi connectivity index (χ0n) is 20.8. The van der Waals surface area contributed by atoms with Crippen LogP contribution in [-0.2, 0) is 6.42 Å². The fourth-order valence-corrected chi connectivity index (χ4v) is 4.54. The third kappa shape index (κ3) is 5.14. The van der Waals surface area contributed by atoms with Gasteiger partial charge in [-0.25, -0.2) is 18.6 Å². The first-order chi connectivity index (χ1) is 17.8. The van der Waals surface area contributed by atoms with Gasteiger partial charge in [0.25, 0.3) is 0 Å². The molecule has 6 nitrogen and oxygen atoms in total. The zero-order valence-corrected chi connectivity index (χ0v) is 20.8. The molecule has 0 saturated carbocycles. The Labute approximate surface area is 214 Å². The van der Waals surface area contributed by atoms with Crippen LogP contribution >= 0.6 is 0 Å². The lowest BCUT2D eigenvalue weighted by atomic mass is 9.93. The molecule has 2 heterocycles. The van der Waals surface area contributed by atoms with Crippen molar-refractivity contribution < 1.29 is 18.3 Å². The lowest BCUT2D eigenvalue weighted by molar-refractivity contribution is 0.0734. The number of benzene rings is 3. The molecule has 0 aliphatic carbocycles. The minimum absolute atomic E-state index is 0.0526. The molecule has 0 amide bonds. The zero-order chi connectivity index (χ0) is 26.1. The molecule has 0 saturated heterocycles. The van der Waals surface area contributed by atoms with Crippen LogP contribution in [0, 0.1) is 25.5 Å². The third-order valence-electron chi connectivity index (χ3n) is 6.66. The standard InChI is InChI=1S/C29H26F2N4O2/c1-17-18(2)32-29(33-24-10-8-22(30)9-11-24)34-27(17)35-14-13-20-7-12-25(16-26(20)19(35)3)37-28(36)21-5-4-6-23(31)15-21/h4-12,15-16,19H,13-14H2,1-3H3,(H,32,33,34). The summed E-state index contributed by atoms with van der Waals surface area (Å²) < 4.78 is 32.4. The second-order valence-electron chi connectivity index (χ2n) is 9.09. The Balaban J connectivity index is 1.41. The van der Waals surface area contributed by atoms with Gasteiger partial charge in [-0.3, -0.25) is 0 Å². The Morgan fingerprint density at radius 1 is 1.00 bits per heavy atom. The number of aromatic nitrogens is 2. The van der Waals surface area contributed by atoms with Crippen LogP contribution in [0.15, 0.2) is 66.7 Å². The van der Waals surface area contributed by atoms with Gasteiger partial charge in [0.2, 0.25) is 5.95 Å². The molecule has 1 unspecified atom stereocenters. The summed E-state index contributed by atoms with van der Waals surface area (Å²) in [6.45, 7) is 6.76. The van der Waals surface area contributed by atoms with E-state index in [4.69, 9.17) is 9.72 Å². The number of halogens is 2. The predicted octanol–water partition coefficient (Wildman–Crippen LogP) is 6.46. The van der Waals surface area contributed by atoms with Gasteiger partial charge in [0, 0.05) is 23.5 Å². The lowest BCUT2D eigenvalue weighted by Crippen LogP contribution is -2.35. The van der Waals surface area contributed by atoms with E-state index in [9.17, 15) is 13.6 Å². The van der Waals surface area contributed by atoms with Crippen molar-refractivity contribution in [1.82, 2.24) is 9.97 Å². The number of nitrogens with one attached hydrogen (secondary N) is 1. The number of hydrogen-bond donors (Lipinski definition) is 1. The van der Waals surface area contributed by atoms with E-state index in [2.05, 4.69) is 22.1 Å². The highest BCUT2D eigenvalue weighted by atomic mass is 19.1. The first kappa shape index (κ1) is 24.4. The molecule has 1 aliphatic rings. The second-order valence-corrected chi connectivity index (χ2v) is 9.09. The third-order valence-corrected chi connectivity index (χ3v) is 6.66. The van der Waals surface area contributed by atoms with E-state index in [0.29, 0.717) is 17.4 Å². The molecule has 0 spiro atoms. The van der Waals surface area contributed by atoms with E-state index in [0.717, 1.165) is 41.7 Å². The molecular weight excluding hydrogens is 474 g/mol. The van der Waals surface area contributed by atoms with Crippen LogP contribution in [0.1, 0.15) is 45.7 Å². The van der Waals surface area contributed by atoms with Crippen molar-refractivity contribution in [3.63, 3.8) is 0 Å². The number of carbonyl (C=O) groups excluding carboxylic acids is 1. The fraction of sp³-hybridized carbons (Fsp3) is 0.207. The van der Waals surface area contributed by atoms with Crippen molar-refractivity contribution in [2.24, 2.45) is 0 Å². The van der Waals surface area contributed by atoms with Crippen molar-refractivity contribution in [1.29, 1.82) is 0 Å². The molecule has 0 radical (unpaired) electrons. The van der Waals surface area contributed by atoms with Gasteiger partial charge in [-0.05, 0) is 92.9 Å². The highest BCUT2D eigenvalue weighted by Gasteiger charge is 2.28. The maximum Gasteiger partial charge on any atom is 0.343 e. The largest absolute Gasteiger partial charge is 0.423 e. The van der Waals surface area contributed by atoms with Gasteiger partial charge >= 0.3 is 5.97 Å². The number of fused-ring (bicyclic) bond motifs is 1. The maximum atomic E-state index is 13.5. The van der Waals surface area contributed by atoms with Crippen LogP contribution in [0.25, 0.3) is 0 Å². The smallest absolute Gasteiger partial charge is 0.343 e. The molecule has 0 fully saturated rings. The Morgan fingerprint density at radius 2 is 1.78 bits per heavy atom. The number of anilines is 3. The summed E-state index contributed by atoms with van der Waals surface area (Å²) in [5.74, 6) is 0.217. The highest BCUT2D eigenvalue weighted by Crippen LogP contribution is 2.37. The number of ether oxygens (including phenoxy) is 1. The molecule has 37 heavy (non-hydrogen) atoms. The normalized spacial score (nSPS) is 14.7. The Bertz CT molecular complexity index is 1470. The maximum absolute atomic E-state index is 13.5. The Kier molecular flexibility index (Phi) is 6.56. The highest BCUT2D eigenvalue weighted by molar-refractivity contribution is 5.91. The van der Waals surface area contributed by atoms with Gasteiger partial charge in [-0.1, -0.05) is 12.1 Å². The Morgan fingerprint density at radius 3 is 2.54 bits per heavy atom. The van der Waals surface area contributed by atoms with E-state index in [1.165, 1.54) is 35.9 Å². The van der Waals surface area contributed by atoms with Crippen LogP contribution in [0.3, 0.4) is 0 Å². The average molecular weight is 501 g/mol. The van der Waals surface area contributed by atoms with Gasteiger partial charge < -0.3 is 15.0 Å². The summed E-state index contributed by atoms with van der Waals surface area (Å²) in [7, 11) is 0. The molecule has 4 aromatic rings.